The van der Waals surface area contributed by atoms with Crippen LogP contribution in [0.2, 0.25) is 0 Å². The minimum Gasteiger partial charge on any atom is -0.253 e. The fraction of sp³-hybridized carbons (Fsp3) is 0.200. The lowest BCUT2D eigenvalue weighted by molar-refractivity contribution is 0.363. The smallest absolute Gasteiger partial charge is 0.253 e. The first-order chi connectivity index (χ1) is 6.67. The first-order valence-electron chi connectivity index (χ1n) is 4.01. The van der Waals surface area contributed by atoms with Crippen LogP contribution in [0.25, 0.3) is 0 Å². The summed E-state index contributed by atoms with van der Waals surface area (Å²) < 4.78 is 27.5. The molecule has 0 saturated heterocycles. The van der Waals surface area contributed by atoms with E-state index in [1.54, 1.807) is 25.1 Å². The number of rotatable bonds is 3. The van der Waals surface area contributed by atoms with E-state index in [-0.39, 0.29) is 11.5 Å². The van der Waals surface area contributed by atoms with Gasteiger partial charge >= 0.3 is 0 Å². The van der Waals surface area contributed by atoms with Gasteiger partial charge in [0.25, 0.3) is 10.1 Å². The van der Waals surface area contributed by atoms with Gasteiger partial charge in [0.15, 0.2) is 0 Å². The van der Waals surface area contributed by atoms with Crippen LogP contribution in [0.5, 0.6) is 0 Å². The lowest BCUT2D eigenvalue weighted by Gasteiger charge is -2.01. The molecule has 0 bridgehead atoms. The summed E-state index contributed by atoms with van der Waals surface area (Å²) in [5.41, 5.74) is 0. The second-order valence-corrected chi connectivity index (χ2v) is 4.07. The van der Waals surface area contributed by atoms with Gasteiger partial charge in [-0.3, -0.25) is 4.18 Å². The van der Waals surface area contributed by atoms with Crippen molar-refractivity contribution in [2.45, 2.75) is 11.8 Å². The lowest BCUT2D eigenvalue weighted by Crippen LogP contribution is -2.06. The molecule has 3 nitrogen and oxygen atoms in total. The number of benzene rings is 1. The van der Waals surface area contributed by atoms with E-state index in [0.29, 0.717) is 0 Å². The average molecular weight is 210 g/mol. The molecule has 14 heavy (non-hydrogen) atoms. The van der Waals surface area contributed by atoms with Crippen LogP contribution < -0.4 is 0 Å². The van der Waals surface area contributed by atoms with Gasteiger partial charge in [0.2, 0.25) is 0 Å². The summed E-state index contributed by atoms with van der Waals surface area (Å²) in [4.78, 5) is 0.151. The van der Waals surface area contributed by atoms with E-state index in [1.165, 1.54) is 12.1 Å². The van der Waals surface area contributed by atoms with Crippen molar-refractivity contribution in [3.05, 3.63) is 30.3 Å². The minimum atomic E-state index is -3.64. The maximum absolute atomic E-state index is 11.4. The SMILES string of the molecule is CC#CCOS(=O)(=O)c1ccccc1. The Hall–Kier alpha value is -1.31. The Morgan fingerprint density at radius 3 is 2.50 bits per heavy atom. The molecular weight excluding hydrogens is 200 g/mol. The molecule has 0 heterocycles. The van der Waals surface area contributed by atoms with Crippen LogP contribution in [-0.4, -0.2) is 15.0 Å². The van der Waals surface area contributed by atoms with Crippen molar-refractivity contribution in [1.82, 2.24) is 0 Å². The van der Waals surface area contributed by atoms with E-state index in [0.717, 1.165) is 0 Å². The molecule has 0 saturated carbocycles. The Labute approximate surface area is 83.8 Å². The number of hydrogen-bond donors (Lipinski definition) is 0. The molecule has 0 spiro atoms. The molecule has 0 fully saturated rings. The van der Waals surface area contributed by atoms with Gasteiger partial charge in [0.05, 0.1) is 4.90 Å². The summed E-state index contributed by atoms with van der Waals surface area (Å²) >= 11 is 0. The third-order valence-corrected chi connectivity index (χ3v) is 2.77. The zero-order chi connectivity index (χ0) is 10.4. The average Bonchev–Trinajstić information content (AvgIpc) is 2.19. The maximum Gasteiger partial charge on any atom is 0.297 e. The second kappa shape index (κ2) is 4.80. The van der Waals surface area contributed by atoms with E-state index in [1.807, 2.05) is 0 Å². The van der Waals surface area contributed by atoms with E-state index < -0.39 is 10.1 Å². The Balaban J connectivity index is 2.80. The number of hydrogen-bond acceptors (Lipinski definition) is 3. The second-order valence-electron chi connectivity index (χ2n) is 2.46. The molecule has 1 aromatic rings. The highest BCUT2D eigenvalue weighted by Gasteiger charge is 2.12. The third-order valence-electron chi connectivity index (χ3n) is 1.49. The van der Waals surface area contributed by atoms with E-state index in [2.05, 4.69) is 16.0 Å². The van der Waals surface area contributed by atoms with Crippen molar-refractivity contribution in [3.63, 3.8) is 0 Å². The molecular formula is C10H10O3S. The highest BCUT2D eigenvalue weighted by atomic mass is 32.2. The molecule has 4 heteroatoms. The highest BCUT2D eigenvalue weighted by molar-refractivity contribution is 7.86. The van der Waals surface area contributed by atoms with Gasteiger partial charge in [-0.25, -0.2) is 0 Å². The van der Waals surface area contributed by atoms with Gasteiger partial charge in [-0.2, -0.15) is 8.42 Å². The summed E-state index contributed by atoms with van der Waals surface area (Å²) in [5.74, 6) is 5.08. The molecule has 0 aromatic heterocycles. The maximum atomic E-state index is 11.4. The topological polar surface area (TPSA) is 43.4 Å². The standard InChI is InChI=1S/C10H10O3S/c1-2-3-9-13-14(11,12)10-7-5-4-6-8-10/h4-8H,9H2,1H3. The van der Waals surface area contributed by atoms with Gasteiger partial charge in [0, 0.05) is 0 Å². The molecule has 0 aliphatic heterocycles. The van der Waals surface area contributed by atoms with Gasteiger partial charge in [-0.15, -0.1) is 5.92 Å². The molecule has 0 N–H and O–H groups in total. The Kier molecular flexibility index (Phi) is 3.69. The van der Waals surface area contributed by atoms with Crippen molar-refractivity contribution in [2.75, 3.05) is 6.61 Å². The Morgan fingerprint density at radius 2 is 1.93 bits per heavy atom. The monoisotopic (exact) mass is 210 g/mol. The van der Waals surface area contributed by atoms with Gasteiger partial charge in [0.1, 0.15) is 6.61 Å². The third kappa shape index (κ3) is 2.87. The van der Waals surface area contributed by atoms with Crippen LogP contribution in [0.3, 0.4) is 0 Å². The van der Waals surface area contributed by atoms with Gasteiger partial charge in [-0.05, 0) is 19.1 Å². The Morgan fingerprint density at radius 1 is 1.29 bits per heavy atom. The molecule has 0 aliphatic carbocycles. The fourth-order valence-corrected chi connectivity index (χ4v) is 1.68. The lowest BCUT2D eigenvalue weighted by atomic mass is 10.4. The predicted molar refractivity (Wildman–Crippen MR) is 53.0 cm³/mol. The summed E-state index contributed by atoms with van der Waals surface area (Å²) in [6, 6.07) is 7.98. The highest BCUT2D eigenvalue weighted by Crippen LogP contribution is 2.10. The zero-order valence-electron chi connectivity index (χ0n) is 7.73. The molecule has 74 valence electrons. The first-order valence-corrected chi connectivity index (χ1v) is 5.42. The van der Waals surface area contributed by atoms with E-state index in [4.69, 9.17) is 0 Å². The van der Waals surface area contributed by atoms with Crippen molar-refractivity contribution in [1.29, 1.82) is 0 Å². The molecule has 0 unspecified atom stereocenters. The normalized spacial score (nSPS) is 10.4. The van der Waals surface area contributed by atoms with Gasteiger partial charge in [-0.1, -0.05) is 24.1 Å². The zero-order valence-corrected chi connectivity index (χ0v) is 8.54. The van der Waals surface area contributed by atoms with Crippen molar-refractivity contribution in [3.8, 4) is 11.8 Å². The molecule has 0 amide bonds. The van der Waals surface area contributed by atoms with E-state index >= 15 is 0 Å². The van der Waals surface area contributed by atoms with E-state index in [9.17, 15) is 8.42 Å². The van der Waals surface area contributed by atoms with Crippen molar-refractivity contribution in [2.24, 2.45) is 0 Å². The van der Waals surface area contributed by atoms with Crippen LogP contribution >= 0.6 is 0 Å². The fourth-order valence-electron chi connectivity index (χ4n) is 0.834. The van der Waals surface area contributed by atoms with Crippen LogP contribution in [-0.2, 0) is 14.3 Å². The van der Waals surface area contributed by atoms with Crippen molar-refractivity contribution < 1.29 is 12.6 Å². The predicted octanol–water partition coefficient (Wildman–Crippen LogP) is 1.42. The summed E-state index contributed by atoms with van der Waals surface area (Å²) in [5, 5.41) is 0. The molecule has 0 atom stereocenters. The van der Waals surface area contributed by atoms with Crippen LogP contribution in [0.1, 0.15) is 6.92 Å². The molecule has 0 aliphatic rings. The Bertz CT molecular complexity index is 437. The van der Waals surface area contributed by atoms with Crippen LogP contribution in [0.15, 0.2) is 35.2 Å². The van der Waals surface area contributed by atoms with Crippen molar-refractivity contribution >= 4 is 10.1 Å². The first kappa shape index (κ1) is 10.8. The minimum absolute atomic E-state index is 0.103. The molecule has 1 rings (SSSR count). The van der Waals surface area contributed by atoms with Crippen LogP contribution in [0.4, 0.5) is 0 Å². The summed E-state index contributed by atoms with van der Waals surface area (Å²) in [7, 11) is -3.64. The molecule has 0 radical (unpaired) electrons. The largest absolute Gasteiger partial charge is 0.297 e. The summed E-state index contributed by atoms with van der Waals surface area (Å²) in [6.07, 6.45) is 0. The quantitative estimate of drug-likeness (QED) is 0.559. The van der Waals surface area contributed by atoms with Crippen LogP contribution in [0, 0.1) is 11.8 Å². The molecule has 1 aromatic carbocycles. The van der Waals surface area contributed by atoms with Gasteiger partial charge < -0.3 is 0 Å². The summed E-state index contributed by atoms with van der Waals surface area (Å²) in [6.45, 7) is 1.52.